The molecule has 3 heterocycles. The van der Waals surface area contributed by atoms with Crippen molar-refractivity contribution < 1.29 is 4.74 Å². The Labute approximate surface area is 212 Å². The zero-order chi connectivity index (χ0) is 24.4. The summed E-state index contributed by atoms with van der Waals surface area (Å²) < 4.78 is 7.74. The molecular formula is C29H30N4OS. The van der Waals surface area contributed by atoms with Crippen LogP contribution in [0.5, 0.6) is 5.75 Å². The van der Waals surface area contributed by atoms with Gasteiger partial charge in [0.2, 0.25) is 0 Å². The fraction of sp³-hybridized carbons (Fsp3) is 0.241. The summed E-state index contributed by atoms with van der Waals surface area (Å²) in [5.74, 6) is 0.850. The van der Waals surface area contributed by atoms with Gasteiger partial charge in [0.25, 0.3) is 0 Å². The lowest BCUT2D eigenvalue weighted by Gasteiger charge is -2.28. The van der Waals surface area contributed by atoms with E-state index >= 15 is 0 Å². The minimum absolute atomic E-state index is 0.0234. The third-order valence-corrected chi connectivity index (χ3v) is 7.18. The number of aromatic nitrogens is 2. The highest BCUT2D eigenvalue weighted by atomic mass is 32.1. The molecule has 0 amide bonds. The molecule has 1 fully saturated rings. The maximum atomic E-state index is 5.89. The molecule has 178 valence electrons. The zero-order valence-electron chi connectivity index (χ0n) is 20.3. The Morgan fingerprint density at radius 1 is 0.914 bits per heavy atom. The van der Waals surface area contributed by atoms with Crippen LogP contribution in [-0.2, 0) is 13.1 Å². The number of nitrogens with zero attached hydrogens (tertiary/aromatic N) is 3. The van der Waals surface area contributed by atoms with Crippen molar-refractivity contribution in [3.05, 3.63) is 119 Å². The smallest absolute Gasteiger partial charge is 0.170 e. The molecule has 1 N–H and O–H groups in total. The van der Waals surface area contributed by atoms with Gasteiger partial charge < -0.3 is 19.5 Å². The molecular weight excluding hydrogens is 452 g/mol. The van der Waals surface area contributed by atoms with Gasteiger partial charge in [0.05, 0.1) is 24.9 Å². The average molecular weight is 483 g/mol. The first kappa shape index (κ1) is 23.1. The number of methoxy groups -OCH3 is 1. The van der Waals surface area contributed by atoms with Crippen LogP contribution < -0.4 is 10.1 Å². The number of benzene rings is 2. The maximum Gasteiger partial charge on any atom is 0.170 e. The molecule has 1 aliphatic heterocycles. The fourth-order valence-electron chi connectivity index (χ4n) is 4.98. The Morgan fingerprint density at radius 2 is 1.63 bits per heavy atom. The van der Waals surface area contributed by atoms with E-state index in [-0.39, 0.29) is 12.1 Å². The van der Waals surface area contributed by atoms with Crippen LogP contribution in [0.25, 0.3) is 0 Å². The van der Waals surface area contributed by atoms with Crippen molar-refractivity contribution in [1.82, 2.24) is 19.8 Å². The Bertz CT molecular complexity index is 1300. The first-order valence-electron chi connectivity index (χ1n) is 11.9. The van der Waals surface area contributed by atoms with Crippen molar-refractivity contribution in [2.24, 2.45) is 0 Å². The number of hydrogen-bond donors (Lipinski definition) is 1. The van der Waals surface area contributed by atoms with Crippen molar-refractivity contribution >= 4 is 17.3 Å². The quantitative estimate of drug-likeness (QED) is 0.341. The molecule has 2 aromatic heterocycles. The molecule has 1 aliphatic rings. The molecule has 0 unspecified atom stereocenters. The average Bonchev–Trinajstić information content (AvgIpc) is 3.36. The second-order valence-corrected chi connectivity index (χ2v) is 9.39. The minimum atomic E-state index is -0.0346. The summed E-state index contributed by atoms with van der Waals surface area (Å²) in [5.41, 5.74) is 7.23. The summed E-state index contributed by atoms with van der Waals surface area (Å²) in [7, 11) is 1.69. The molecule has 1 saturated heterocycles. The fourth-order valence-corrected chi connectivity index (χ4v) is 5.28. The largest absolute Gasteiger partial charge is 0.497 e. The first-order chi connectivity index (χ1) is 17.0. The van der Waals surface area contributed by atoms with Gasteiger partial charge in [-0.3, -0.25) is 4.98 Å². The van der Waals surface area contributed by atoms with Gasteiger partial charge in [-0.2, -0.15) is 0 Å². The number of pyridine rings is 1. The Balaban J connectivity index is 1.54. The molecule has 6 heteroatoms. The van der Waals surface area contributed by atoms with Crippen molar-refractivity contribution in [3.8, 4) is 5.75 Å². The lowest BCUT2D eigenvalue weighted by molar-refractivity contribution is 0.309. The molecule has 0 radical (unpaired) electrons. The topological polar surface area (TPSA) is 42.3 Å². The number of aryl methyl sites for hydroxylation is 1. The van der Waals surface area contributed by atoms with Gasteiger partial charge in [0, 0.05) is 30.7 Å². The van der Waals surface area contributed by atoms with Crippen LogP contribution in [0, 0.1) is 13.8 Å². The first-order valence-corrected chi connectivity index (χ1v) is 12.3. The lowest BCUT2D eigenvalue weighted by Crippen LogP contribution is -2.29. The molecule has 0 aliphatic carbocycles. The monoisotopic (exact) mass is 482 g/mol. The van der Waals surface area contributed by atoms with Crippen molar-refractivity contribution in [1.29, 1.82) is 0 Å². The van der Waals surface area contributed by atoms with Crippen LogP contribution in [0.3, 0.4) is 0 Å². The van der Waals surface area contributed by atoms with E-state index in [1.54, 1.807) is 7.11 Å². The van der Waals surface area contributed by atoms with Crippen LogP contribution in [0.15, 0.2) is 85.1 Å². The molecule has 4 aromatic rings. The zero-order valence-corrected chi connectivity index (χ0v) is 21.1. The predicted molar refractivity (Wildman–Crippen MR) is 143 cm³/mol. The van der Waals surface area contributed by atoms with Gasteiger partial charge >= 0.3 is 0 Å². The van der Waals surface area contributed by atoms with Crippen LogP contribution in [-0.4, -0.2) is 26.7 Å². The summed E-state index contributed by atoms with van der Waals surface area (Å²) >= 11 is 5.89. The second-order valence-electron chi connectivity index (χ2n) is 9.00. The van der Waals surface area contributed by atoms with Crippen molar-refractivity contribution in [2.75, 3.05) is 7.11 Å². The van der Waals surface area contributed by atoms with Gasteiger partial charge in [-0.25, -0.2) is 0 Å². The van der Waals surface area contributed by atoms with Gasteiger partial charge in [0.1, 0.15) is 5.75 Å². The van der Waals surface area contributed by atoms with E-state index in [1.807, 2.05) is 30.5 Å². The summed E-state index contributed by atoms with van der Waals surface area (Å²) in [6.45, 7) is 5.94. The molecule has 2 atom stereocenters. The number of thiocarbonyl (C=S) groups is 1. The summed E-state index contributed by atoms with van der Waals surface area (Å²) in [6, 6.07) is 27.2. The number of rotatable bonds is 7. The molecule has 0 saturated carbocycles. The number of hydrogen-bond acceptors (Lipinski definition) is 3. The van der Waals surface area contributed by atoms with Crippen molar-refractivity contribution in [3.63, 3.8) is 0 Å². The van der Waals surface area contributed by atoms with Gasteiger partial charge in [0.15, 0.2) is 5.11 Å². The van der Waals surface area contributed by atoms with E-state index in [9.17, 15) is 0 Å². The standard InChI is InChI=1S/C29H30N4OS/c1-20-17-25(21(2)32(20)18-22-9-5-4-6-10-22)28-27(26-11-7-8-16-30-26)31-29(35)33(28)19-23-12-14-24(34-3)15-13-23/h4-17,27-28H,18-19H2,1-3H3,(H,31,35)/t27-,28+/m1/s1. The van der Waals surface area contributed by atoms with Gasteiger partial charge in [-0.15, -0.1) is 0 Å². The molecule has 0 bridgehead atoms. The second kappa shape index (κ2) is 9.92. The van der Waals surface area contributed by atoms with E-state index in [0.717, 1.165) is 23.1 Å². The highest BCUT2D eigenvalue weighted by Gasteiger charge is 2.41. The van der Waals surface area contributed by atoms with E-state index in [1.165, 1.54) is 28.1 Å². The van der Waals surface area contributed by atoms with Crippen LogP contribution in [0.4, 0.5) is 0 Å². The molecule has 2 aromatic carbocycles. The van der Waals surface area contributed by atoms with Crippen LogP contribution >= 0.6 is 12.2 Å². The summed E-state index contributed by atoms with van der Waals surface area (Å²) in [4.78, 5) is 6.99. The number of ether oxygens (including phenoxy) is 1. The third kappa shape index (κ3) is 4.66. The predicted octanol–water partition coefficient (Wildman–Crippen LogP) is 5.73. The Kier molecular flexibility index (Phi) is 6.55. The maximum absolute atomic E-state index is 5.89. The normalized spacial score (nSPS) is 17.5. The minimum Gasteiger partial charge on any atom is -0.497 e. The van der Waals surface area contributed by atoms with Crippen molar-refractivity contribution in [2.45, 2.75) is 39.0 Å². The summed E-state index contributed by atoms with van der Waals surface area (Å²) in [5, 5.41) is 4.32. The lowest BCUT2D eigenvalue weighted by atomic mass is 9.96. The Morgan fingerprint density at radius 3 is 2.31 bits per heavy atom. The van der Waals surface area contributed by atoms with E-state index in [4.69, 9.17) is 17.0 Å². The van der Waals surface area contributed by atoms with Gasteiger partial charge in [-0.05, 0) is 73.1 Å². The van der Waals surface area contributed by atoms with Crippen LogP contribution in [0.1, 0.15) is 45.9 Å². The van der Waals surface area contributed by atoms with E-state index < -0.39 is 0 Å². The van der Waals surface area contributed by atoms with E-state index in [0.29, 0.717) is 6.54 Å². The molecule has 35 heavy (non-hydrogen) atoms. The molecule has 0 spiro atoms. The molecule has 5 nitrogen and oxygen atoms in total. The molecule has 5 rings (SSSR count). The summed E-state index contributed by atoms with van der Waals surface area (Å²) in [6.07, 6.45) is 1.85. The van der Waals surface area contributed by atoms with E-state index in [2.05, 4.69) is 88.2 Å². The number of nitrogens with one attached hydrogen (secondary N) is 1. The Hall–Kier alpha value is -3.64. The third-order valence-electron chi connectivity index (χ3n) is 6.82. The highest BCUT2D eigenvalue weighted by molar-refractivity contribution is 7.80. The van der Waals surface area contributed by atoms with Crippen LogP contribution in [0.2, 0.25) is 0 Å². The van der Waals surface area contributed by atoms with Gasteiger partial charge in [-0.1, -0.05) is 48.5 Å². The SMILES string of the molecule is COc1ccc(CN2C(=S)N[C@H](c3ccccn3)[C@@H]2c2cc(C)n(Cc3ccccc3)c2C)cc1. The highest BCUT2D eigenvalue weighted by Crippen LogP contribution is 2.41.